The van der Waals surface area contributed by atoms with Gasteiger partial charge in [0.1, 0.15) is 0 Å². The standard InChI is InChI=1S/C48H32N2.C3H6/c1-3-13-33(14-4-1)35-23-25-41-43(31-35)47(39-19-11-17-37(29-39)45-21-7-9-27-49-45)42-26-24-36(34-15-5-2-6-16-34)32-44(42)48(41)40-20-12-18-38(30-40)46-22-8-10-28-50-46;1-3-2/h1-32H;3H,1H2,2H3. The Bertz CT molecular complexity index is 2480. The molecule has 0 amide bonds. The fourth-order valence-electron chi connectivity index (χ4n) is 7.21. The lowest BCUT2D eigenvalue weighted by Gasteiger charge is -2.20. The quantitative estimate of drug-likeness (QED) is 0.129. The van der Waals surface area contributed by atoms with Crippen LogP contribution in [0.2, 0.25) is 0 Å². The van der Waals surface area contributed by atoms with Gasteiger partial charge in [0.15, 0.2) is 0 Å². The van der Waals surface area contributed by atoms with Gasteiger partial charge in [-0.25, -0.2) is 0 Å². The van der Waals surface area contributed by atoms with Crippen molar-refractivity contribution in [3.8, 4) is 67.0 Å². The second kappa shape index (κ2) is 15.1. The highest BCUT2D eigenvalue weighted by Crippen LogP contribution is 2.46. The normalized spacial score (nSPS) is 10.8. The summed E-state index contributed by atoms with van der Waals surface area (Å²) in [5, 5.41) is 4.84. The topological polar surface area (TPSA) is 25.8 Å². The van der Waals surface area contributed by atoms with Gasteiger partial charge >= 0.3 is 0 Å². The minimum absolute atomic E-state index is 0.960. The van der Waals surface area contributed by atoms with Crippen LogP contribution in [0.4, 0.5) is 0 Å². The molecule has 0 radical (unpaired) electrons. The van der Waals surface area contributed by atoms with Crippen LogP contribution in [0.3, 0.4) is 0 Å². The summed E-state index contributed by atoms with van der Waals surface area (Å²) in [7, 11) is 0. The van der Waals surface area contributed by atoms with Crippen molar-refractivity contribution < 1.29 is 0 Å². The smallest absolute Gasteiger partial charge is 0.0702 e. The maximum Gasteiger partial charge on any atom is 0.0702 e. The molecule has 0 saturated heterocycles. The molecule has 0 spiro atoms. The molecule has 9 aromatic rings. The molecule has 2 aromatic heterocycles. The average molecular weight is 679 g/mol. The molecule has 0 atom stereocenters. The van der Waals surface area contributed by atoms with Gasteiger partial charge in [-0.2, -0.15) is 0 Å². The Morgan fingerprint density at radius 1 is 0.340 bits per heavy atom. The Labute approximate surface area is 311 Å². The molecule has 9 rings (SSSR count). The molecule has 0 unspecified atom stereocenters. The van der Waals surface area contributed by atoms with E-state index in [4.69, 9.17) is 0 Å². The van der Waals surface area contributed by atoms with Gasteiger partial charge in [0, 0.05) is 23.5 Å². The van der Waals surface area contributed by atoms with E-state index in [1.165, 1.54) is 54.9 Å². The van der Waals surface area contributed by atoms with Crippen LogP contribution in [0.25, 0.3) is 88.6 Å². The number of aromatic nitrogens is 2. The van der Waals surface area contributed by atoms with Crippen molar-refractivity contribution in [1.82, 2.24) is 9.97 Å². The van der Waals surface area contributed by atoms with Crippen molar-refractivity contribution in [2.24, 2.45) is 0 Å². The van der Waals surface area contributed by atoms with Crippen LogP contribution < -0.4 is 0 Å². The summed E-state index contributed by atoms with van der Waals surface area (Å²) in [6.45, 7) is 5.25. The summed E-state index contributed by atoms with van der Waals surface area (Å²) in [4.78, 5) is 9.38. The predicted molar refractivity (Wildman–Crippen MR) is 226 cm³/mol. The molecule has 0 N–H and O–H groups in total. The van der Waals surface area contributed by atoms with Gasteiger partial charge in [-0.1, -0.05) is 140 Å². The van der Waals surface area contributed by atoms with Crippen LogP contribution in [-0.4, -0.2) is 9.97 Å². The van der Waals surface area contributed by atoms with Crippen molar-refractivity contribution in [2.45, 2.75) is 6.92 Å². The van der Waals surface area contributed by atoms with E-state index in [-0.39, 0.29) is 0 Å². The van der Waals surface area contributed by atoms with Crippen LogP contribution in [-0.2, 0) is 0 Å². The molecule has 0 bridgehead atoms. The Kier molecular flexibility index (Phi) is 9.50. The highest BCUT2D eigenvalue weighted by Gasteiger charge is 2.19. The molecule has 0 saturated carbocycles. The Morgan fingerprint density at radius 2 is 0.717 bits per heavy atom. The first-order valence-corrected chi connectivity index (χ1v) is 18.0. The van der Waals surface area contributed by atoms with Crippen LogP contribution in [0.1, 0.15) is 6.92 Å². The zero-order chi connectivity index (χ0) is 36.0. The van der Waals surface area contributed by atoms with Gasteiger partial charge in [-0.05, 0) is 122 Å². The van der Waals surface area contributed by atoms with Gasteiger partial charge in [-0.3, -0.25) is 9.97 Å². The molecule has 2 heterocycles. The number of hydrogen-bond acceptors (Lipinski definition) is 2. The van der Waals surface area contributed by atoms with Gasteiger partial charge in [0.05, 0.1) is 11.4 Å². The first-order chi connectivity index (χ1) is 26.2. The zero-order valence-corrected chi connectivity index (χ0v) is 29.7. The lowest BCUT2D eigenvalue weighted by molar-refractivity contribution is 1.33. The Hall–Kier alpha value is -6.90. The van der Waals surface area contributed by atoms with Crippen molar-refractivity contribution >= 4 is 21.5 Å². The summed E-state index contributed by atoms with van der Waals surface area (Å²) in [6, 6.07) is 65.1. The lowest BCUT2D eigenvalue weighted by atomic mass is 9.83. The van der Waals surface area contributed by atoms with Crippen molar-refractivity contribution in [1.29, 1.82) is 0 Å². The van der Waals surface area contributed by atoms with Gasteiger partial charge in [-0.15, -0.1) is 6.58 Å². The molecule has 0 aliphatic carbocycles. The van der Waals surface area contributed by atoms with Crippen molar-refractivity contribution in [3.63, 3.8) is 0 Å². The van der Waals surface area contributed by atoms with Crippen LogP contribution in [0.15, 0.2) is 207 Å². The number of rotatable bonds is 6. The highest BCUT2D eigenvalue weighted by molar-refractivity contribution is 6.22. The van der Waals surface area contributed by atoms with Crippen molar-refractivity contribution in [3.05, 3.63) is 207 Å². The fourth-order valence-corrected chi connectivity index (χ4v) is 7.21. The maximum absolute atomic E-state index is 4.69. The van der Waals surface area contributed by atoms with Crippen LogP contribution in [0, 0.1) is 0 Å². The number of allylic oxidation sites excluding steroid dienone is 1. The second-order valence-electron chi connectivity index (χ2n) is 13.0. The maximum atomic E-state index is 4.69. The predicted octanol–water partition coefficient (Wildman–Crippen LogP) is 14.0. The van der Waals surface area contributed by atoms with E-state index in [0.29, 0.717) is 0 Å². The second-order valence-corrected chi connectivity index (χ2v) is 13.0. The van der Waals surface area contributed by atoms with Gasteiger partial charge in [0.25, 0.3) is 0 Å². The van der Waals surface area contributed by atoms with Gasteiger partial charge < -0.3 is 0 Å². The number of hydrogen-bond donors (Lipinski definition) is 0. The van der Waals surface area contributed by atoms with E-state index in [0.717, 1.165) is 33.6 Å². The third-order valence-electron chi connectivity index (χ3n) is 9.55. The number of fused-ring (bicyclic) bond motifs is 2. The number of nitrogens with zero attached hydrogens (tertiary/aromatic N) is 2. The van der Waals surface area contributed by atoms with E-state index >= 15 is 0 Å². The molecular weight excluding hydrogens is 641 g/mol. The molecule has 7 aromatic carbocycles. The highest BCUT2D eigenvalue weighted by atomic mass is 14.7. The minimum Gasteiger partial charge on any atom is -0.256 e. The van der Waals surface area contributed by atoms with Crippen LogP contribution in [0.5, 0.6) is 0 Å². The van der Waals surface area contributed by atoms with E-state index in [2.05, 4.69) is 174 Å². The summed E-state index contributed by atoms with van der Waals surface area (Å²) in [5.74, 6) is 0. The van der Waals surface area contributed by atoms with E-state index in [1.807, 2.05) is 43.6 Å². The molecule has 0 aliphatic heterocycles. The lowest BCUT2D eigenvalue weighted by Crippen LogP contribution is -1.94. The Morgan fingerprint density at radius 3 is 1.11 bits per heavy atom. The summed E-state index contributed by atoms with van der Waals surface area (Å²) >= 11 is 0. The minimum atomic E-state index is 0.960. The first-order valence-electron chi connectivity index (χ1n) is 18.0. The summed E-state index contributed by atoms with van der Waals surface area (Å²) in [5.41, 5.74) is 13.6. The zero-order valence-electron chi connectivity index (χ0n) is 29.7. The number of benzene rings is 7. The van der Waals surface area contributed by atoms with E-state index in [1.54, 1.807) is 6.08 Å². The Balaban J connectivity index is 0.00000129. The molecule has 0 aliphatic rings. The molecule has 53 heavy (non-hydrogen) atoms. The molecular formula is C51H38N2. The van der Waals surface area contributed by atoms with Gasteiger partial charge in [0.2, 0.25) is 0 Å². The fraction of sp³-hybridized carbons (Fsp3) is 0.0196. The van der Waals surface area contributed by atoms with E-state index < -0.39 is 0 Å². The molecule has 252 valence electrons. The molecule has 0 fully saturated rings. The summed E-state index contributed by atoms with van der Waals surface area (Å²) in [6.07, 6.45) is 5.47. The van der Waals surface area contributed by atoms with E-state index in [9.17, 15) is 0 Å². The summed E-state index contributed by atoms with van der Waals surface area (Å²) < 4.78 is 0. The molecule has 2 heteroatoms. The largest absolute Gasteiger partial charge is 0.256 e. The monoisotopic (exact) mass is 678 g/mol. The molecule has 2 nitrogen and oxygen atoms in total. The number of pyridine rings is 2. The average Bonchev–Trinajstić information content (AvgIpc) is 3.24. The van der Waals surface area contributed by atoms with Crippen molar-refractivity contribution in [2.75, 3.05) is 0 Å². The third kappa shape index (κ3) is 6.79. The van der Waals surface area contributed by atoms with Crippen LogP contribution >= 0.6 is 0 Å². The SMILES string of the molecule is C=CC.c1ccc(-c2ccc3c(-c4cccc(-c5ccccn5)c4)c4cc(-c5ccccc5)ccc4c(-c4cccc(-c5ccccn5)c4)c3c2)cc1. The first kappa shape index (κ1) is 33.3. The third-order valence-corrected chi connectivity index (χ3v) is 9.55.